The number of rotatable bonds is 5. The van der Waals surface area contributed by atoms with Crippen LogP contribution in [0.3, 0.4) is 0 Å². The minimum absolute atomic E-state index is 0.216. The molecule has 1 saturated heterocycles. The molecule has 5 nitrogen and oxygen atoms in total. The summed E-state index contributed by atoms with van der Waals surface area (Å²) in [5.41, 5.74) is 0.349. The van der Waals surface area contributed by atoms with Gasteiger partial charge in [-0.25, -0.2) is 9.38 Å². The molecule has 2 heterocycles. The monoisotopic (exact) mass is 280 g/mol. The highest BCUT2D eigenvalue weighted by Crippen LogP contribution is 2.10. The maximum absolute atomic E-state index is 13.5. The van der Waals surface area contributed by atoms with Crippen molar-refractivity contribution in [3.8, 4) is 0 Å². The molecule has 0 spiro atoms. The third-order valence-corrected chi connectivity index (χ3v) is 3.09. The molecule has 6 heteroatoms. The maximum Gasteiger partial charge on any atom is 0.191 e. The summed E-state index contributed by atoms with van der Waals surface area (Å²) in [6.07, 6.45) is 3.99. The summed E-state index contributed by atoms with van der Waals surface area (Å²) in [6.45, 7) is 4.51. The van der Waals surface area contributed by atoms with Crippen LogP contribution in [0.25, 0.3) is 0 Å². The number of hydrogen-bond donors (Lipinski definition) is 2. The van der Waals surface area contributed by atoms with Crippen LogP contribution in [0, 0.1) is 5.82 Å². The Kier molecular flexibility index (Phi) is 5.73. The van der Waals surface area contributed by atoms with Crippen LogP contribution >= 0.6 is 0 Å². The van der Waals surface area contributed by atoms with Crippen LogP contribution in [0.2, 0.25) is 0 Å². The van der Waals surface area contributed by atoms with Gasteiger partial charge in [0, 0.05) is 25.9 Å². The largest absolute Gasteiger partial charge is 0.376 e. The quantitative estimate of drug-likeness (QED) is 0.633. The van der Waals surface area contributed by atoms with E-state index in [1.165, 1.54) is 6.07 Å². The van der Waals surface area contributed by atoms with Crippen LogP contribution in [-0.4, -0.2) is 36.7 Å². The van der Waals surface area contributed by atoms with E-state index in [0.717, 1.165) is 32.5 Å². The van der Waals surface area contributed by atoms with Gasteiger partial charge in [-0.3, -0.25) is 4.98 Å². The summed E-state index contributed by atoms with van der Waals surface area (Å²) in [4.78, 5) is 8.33. The van der Waals surface area contributed by atoms with Gasteiger partial charge in [-0.15, -0.1) is 0 Å². The predicted octanol–water partition coefficient (Wildman–Crippen LogP) is 1.45. The van der Waals surface area contributed by atoms with Gasteiger partial charge in [0.2, 0.25) is 0 Å². The third kappa shape index (κ3) is 4.45. The van der Waals surface area contributed by atoms with Crippen molar-refractivity contribution >= 4 is 5.96 Å². The Balaban J connectivity index is 1.89. The van der Waals surface area contributed by atoms with E-state index in [9.17, 15) is 4.39 Å². The lowest BCUT2D eigenvalue weighted by Gasteiger charge is -2.14. The van der Waals surface area contributed by atoms with Crippen LogP contribution in [0.4, 0.5) is 4.39 Å². The van der Waals surface area contributed by atoms with Crippen molar-refractivity contribution in [2.24, 2.45) is 4.99 Å². The second-order valence-corrected chi connectivity index (χ2v) is 4.64. The Morgan fingerprint density at radius 2 is 2.45 bits per heavy atom. The molecule has 2 N–H and O–H groups in total. The van der Waals surface area contributed by atoms with Gasteiger partial charge in [0.15, 0.2) is 5.96 Å². The Hall–Kier alpha value is -1.69. The van der Waals surface area contributed by atoms with Crippen molar-refractivity contribution in [1.82, 2.24) is 15.6 Å². The van der Waals surface area contributed by atoms with E-state index in [-0.39, 0.29) is 18.5 Å². The van der Waals surface area contributed by atoms with Crippen molar-refractivity contribution < 1.29 is 9.13 Å². The molecule has 0 radical (unpaired) electrons. The highest BCUT2D eigenvalue weighted by Gasteiger charge is 2.15. The van der Waals surface area contributed by atoms with Crippen LogP contribution in [-0.2, 0) is 11.3 Å². The van der Waals surface area contributed by atoms with E-state index in [0.29, 0.717) is 11.7 Å². The summed E-state index contributed by atoms with van der Waals surface area (Å²) in [5.74, 6) is 0.333. The van der Waals surface area contributed by atoms with E-state index < -0.39 is 0 Å². The number of aromatic nitrogens is 1. The molecule has 1 unspecified atom stereocenters. The Morgan fingerprint density at radius 3 is 3.15 bits per heavy atom. The number of guanidine groups is 1. The van der Waals surface area contributed by atoms with Crippen LogP contribution in [0.15, 0.2) is 23.3 Å². The number of ether oxygens (including phenoxy) is 1. The molecule has 20 heavy (non-hydrogen) atoms. The van der Waals surface area contributed by atoms with Gasteiger partial charge in [0.1, 0.15) is 5.82 Å². The van der Waals surface area contributed by atoms with Crippen molar-refractivity contribution in [3.05, 3.63) is 29.8 Å². The molecule has 0 bridgehead atoms. The molecule has 0 saturated carbocycles. The highest BCUT2D eigenvalue weighted by molar-refractivity contribution is 5.79. The Labute approximate surface area is 118 Å². The summed E-state index contributed by atoms with van der Waals surface area (Å²) in [5, 5.41) is 6.35. The normalized spacial score (nSPS) is 19.1. The summed E-state index contributed by atoms with van der Waals surface area (Å²) in [7, 11) is 0. The van der Waals surface area contributed by atoms with Crippen molar-refractivity contribution in [2.45, 2.75) is 32.4 Å². The number of aliphatic imine (C=N–C) groups is 1. The summed E-state index contributed by atoms with van der Waals surface area (Å²) in [6, 6.07) is 2.97. The van der Waals surface area contributed by atoms with Gasteiger partial charge in [-0.05, 0) is 31.9 Å². The maximum atomic E-state index is 13.5. The average Bonchev–Trinajstić information content (AvgIpc) is 2.97. The van der Waals surface area contributed by atoms with Crippen molar-refractivity contribution in [2.75, 3.05) is 19.7 Å². The lowest BCUT2D eigenvalue weighted by Crippen LogP contribution is -2.41. The minimum Gasteiger partial charge on any atom is -0.376 e. The lowest BCUT2D eigenvalue weighted by molar-refractivity contribution is 0.114. The number of nitrogens with zero attached hydrogens (tertiary/aromatic N) is 2. The molecule has 0 aromatic carbocycles. The van der Waals surface area contributed by atoms with Crippen LogP contribution in [0.1, 0.15) is 25.5 Å². The molecule has 110 valence electrons. The second-order valence-electron chi connectivity index (χ2n) is 4.64. The molecule has 1 fully saturated rings. The lowest BCUT2D eigenvalue weighted by atomic mass is 10.2. The molecular weight excluding hydrogens is 259 g/mol. The van der Waals surface area contributed by atoms with E-state index in [2.05, 4.69) is 20.6 Å². The van der Waals surface area contributed by atoms with Crippen molar-refractivity contribution in [1.29, 1.82) is 0 Å². The number of nitrogens with one attached hydrogen (secondary N) is 2. The molecule has 0 amide bonds. The van der Waals surface area contributed by atoms with Gasteiger partial charge in [0.25, 0.3) is 0 Å². The Bertz CT molecular complexity index is 447. The zero-order valence-electron chi connectivity index (χ0n) is 11.7. The first kappa shape index (κ1) is 14.7. The zero-order chi connectivity index (χ0) is 14.2. The van der Waals surface area contributed by atoms with E-state index in [1.807, 2.05) is 6.92 Å². The number of hydrogen-bond acceptors (Lipinski definition) is 3. The fourth-order valence-electron chi connectivity index (χ4n) is 2.05. The van der Waals surface area contributed by atoms with E-state index in [4.69, 9.17) is 4.74 Å². The molecule has 1 aliphatic rings. The Morgan fingerprint density at radius 1 is 1.55 bits per heavy atom. The molecule has 1 aromatic heterocycles. The number of pyridine rings is 1. The molecule has 1 atom stereocenters. The van der Waals surface area contributed by atoms with Gasteiger partial charge in [-0.2, -0.15) is 0 Å². The van der Waals surface area contributed by atoms with Gasteiger partial charge < -0.3 is 15.4 Å². The molecule has 1 aliphatic heterocycles. The molecule has 0 aliphatic carbocycles. The first-order chi connectivity index (χ1) is 9.79. The third-order valence-electron chi connectivity index (χ3n) is 3.09. The molecule has 1 aromatic rings. The van der Waals surface area contributed by atoms with Crippen LogP contribution in [0.5, 0.6) is 0 Å². The number of halogens is 1. The molecule has 2 rings (SSSR count). The van der Waals surface area contributed by atoms with Gasteiger partial charge in [-0.1, -0.05) is 0 Å². The molecular formula is C14H21FN4O. The average molecular weight is 280 g/mol. The predicted molar refractivity (Wildman–Crippen MR) is 76.0 cm³/mol. The minimum atomic E-state index is -0.328. The van der Waals surface area contributed by atoms with Crippen molar-refractivity contribution in [3.63, 3.8) is 0 Å². The fourth-order valence-corrected chi connectivity index (χ4v) is 2.05. The van der Waals surface area contributed by atoms with Gasteiger partial charge in [0.05, 0.1) is 18.3 Å². The first-order valence-corrected chi connectivity index (χ1v) is 7.02. The van der Waals surface area contributed by atoms with Gasteiger partial charge >= 0.3 is 0 Å². The SMILES string of the molecule is CCNC(=NCc1ncccc1F)NCC1CCCO1. The summed E-state index contributed by atoms with van der Waals surface area (Å²) < 4.78 is 19.0. The smallest absolute Gasteiger partial charge is 0.191 e. The highest BCUT2D eigenvalue weighted by atomic mass is 19.1. The van der Waals surface area contributed by atoms with E-state index >= 15 is 0 Å². The fraction of sp³-hybridized carbons (Fsp3) is 0.571. The topological polar surface area (TPSA) is 58.5 Å². The summed E-state index contributed by atoms with van der Waals surface area (Å²) >= 11 is 0. The standard InChI is InChI=1S/C14H21FN4O/c1-2-16-14(18-9-11-5-4-8-20-11)19-10-13-12(15)6-3-7-17-13/h3,6-7,11H,2,4-5,8-10H2,1H3,(H2,16,18,19). The van der Waals surface area contributed by atoms with Crippen LogP contribution < -0.4 is 10.6 Å². The van der Waals surface area contributed by atoms with E-state index in [1.54, 1.807) is 12.3 Å². The first-order valence-electron chi connectivity index (χ1n) is 7.02. The zero-order valence-corrected chi connectivity index (χ0v) is 11.7. The second kappa shape index (κ2) is 7.79.